The van der Waals surface area contributed by atoms with E-state index in [0.29, 0.717) is 0 Å². The molecule has 6 heteroatoms. The number of nitrogens with zero attached hydrogens (tertiary/aromatic N) is 2. The van der Waals surface area contributed by atoms with Crippen LogP contribution in [-0.2, 0) is 11.4 Å². The smallest absolute Gasteiger partial charge is 0.144 e. The van der Waals surface area contributed by atoms with E-state index in [1.54, 1.807) is 20.8 Å². The van der Waals surface area contributed by atoms with Gasteiger partial charge in [0.1, 0.15) is 39.4 Å². The Balaban J connectivity index is 3.01. The predicted octanol–water partition coefficient (Wildman–Crippen LogP) is 2.72. The van der Waals surface area contributed by atoms with E-state index in [-0.39, 0.29) is 5.56 Å². The summed E-state index contributed by atoms with van der Waals surface area (Å²) in [6.45, 7) is 5.21. The SMILES string of the molecule is CC(C)(C)[S+]([O-])N=Cc1cc(F)c(C#N)c(F)c1. The Labute approximate surface area is 107 Å². The third-order valence-electron chi connectivity index (χ3n) is 2.00. The summed E-state index contributed by atoms with van der Waals surface area (Å²) in [5.74, 6) is -1.92. The fraction of sp³-hybridized carbons (Fsp3) is 0.333. The maximum Gasteiger partial charge on any atom is 0.144 e. The highest BCUT2D eigenvalue weighted by Crippen LogP contribution is 2.18. The van der Waals surface area contributed by atoms with E-state index in [1.165, 1.54) is 6.07 Å². The molecule has 0 spiro atoms. The minimum absolute atomic E-state index is 0.126. The van der Waals surface area contributed by atoms with E-state index in [4.69, 9.17) is 5.26 Å². The van der Waals surface area contributed by atoms with Crippen molar-refractivity contribution in [1.29, 1.82) is 5.26 Å². The minimum Gasteiger partial charge on any atom is -0.591 e. The summed E-state index contributed by atoms with van der Waals surface area (Å²) in [5, 5.41) is 8.50. The second kappa shape index (κ2) is 5.46. The lowest BCUT2D eigenvalue weighted by molar-refractivity contribution is 0.561. The third kappa shape index (κ3) is 3.52. The van der Waals surface area contributed by atoms with Crippen LogP contribution in [0.5, 0.6) is 0 Å². The van der Waals surface area contributed by atoms with Crippen LogP contribution in [0.15, 0.2) is 16.5 Å². The van der Waals surface area contributed by atoms with Crippen molar-refractivity contribution in [2.75, 3.05) is 0 Å². The molecule has 0 saturated carbocycles. The molecule has 96 valence electrons. The molecule has 1 unspecified atom stereocenters. The summed E-state index contributed by atoms with van der Waals surface area (Å²) in [5.41, 5.74) is -0.509. The molecule has 1 rings (SSSR count). The average molecular weight is 270 g/mol. The first-order valence-electron chi connectivity index (χ1n) is 5.11. The van der Waals surface area contributed by atoms with Crippen molar-refractivity contribution in [3.8, 4) is 6.07 Å². The van der Waals surface area contributed by atoms with Gasteiger partial charge in [-0.25, -0.2) is 8.78 Å². The number of hydrogen-bond acceptors (Lipinski definition) is 3. The summed E-state index contributed by atoms with van der Waals surface area (Å²) in [6, 6.07) is 3.38. The minimum atomic E-state index is -1.50. The van der Waals surface area contributed by atoms with E-state index >= 15 is 0 Å². The lowest BCUT2D eigenvalue weighted by Crippen LogP contribution is -2.25. The highest BCUT2D eigenvalue weighted by molar-refractivity contribution is 7.91. The molecule has 0 N–H and O–H groups in total. The van der Waals surface area contributed by atoms with Gasteiger partial charge in [0, 0.05) is 5.56 Å². The summed E-state index contributed by atoms with van der Waals surface area (Å²) in [4.78, 5) is 0. The van der Waals surface area contributed by atoms with Gasteiger partial charge in [-0.3, -0.25) is 0 Å². The van der Waals surface area contributed by atoms with Crippen molar-refractivity contribution in [3.63, 3.8) is 0 Å². The van der Waals surface area contributed by atoms with Gasteiger partial charge in [-0.2, -0.15) is 5.26 Å². The van der Waals surface area contributed by atoms with E-state index in [1.807, 2.05) is 0 Å². The van der Waals surface area contributed by atoms with Crippen LogP contribution >= 0.6 is 0 Å². The molecule has 0 radical (unpaired) electrons. The normalized spacial score (nSPS) is 13.6. The molecule has 1 atom stereocenters. The third-order valence-corrected chi connectivity index (χ3v) is 3.34. The monoisotopic (exact) mass is 270 g/mol. The number of rotatable bonds is 2. The topological polar surface area (TPSA) is 59.2 Å². The Morgan fingerprint density at radius 3 is 2.22 bits per heavy atom. The lowest BCUT2D eigenvalue weighted by Gasteiger charge is -2.17. The molecule has 1 aromatic rings. The van der Waals surface area contributed by atoms with Crippen LogP contribution in [0.25, 0.3) is 0 Å². The van der Waals surface area contributed by atoms with Crippen molar-refractivity contribution >= 4 is 17.6 Å². The van der Waals surface area contributed by atoms with Crippen LogP contribution in [0.3, 0.4) is 0 Å². The predicted molar refractivity (Wildman–Crippen MR) is 66.6 cm³/mol. The van der Waals surface area contributed by atoms with Crippen LogP contribution in [0.1, 0.15) is 31.9 Å². The molecule has 0 aliphatic carbocycles. The maximum atomic E-state index is 13.3. The van der Waals surface area contributed by atoms with Crippen molar-refractivity contribution in [1.82, 2.24) is 0 Å². The summed E-state index contributed by atoms with van der Waals surface area (Å²) >= 11 is -1.50. The first-order chi connectivity index (χ1) is 8.25. The zero-order chi connectivity index (χ0) is 13.9. The number of benzene rings is 1. The van der Waals surface area contributed by atoms with Crippen LogP contribution < -0.4 is 0 Å². The van der Waals surface area contributed by atoms with Gasteiger partial charge in [0.15, 0.2) is 0 Å². The summed E-state index contributed by atoms with van der Waals surface area (Å²) in [7, 11) is 0. The van der Waals surface area contributed by atoms with Gasteiger partial charge in [0.25, 0.3) is 0 Å². The Morgan fingerprint density at radius 2 is 1.83 bits per heavy atom. The standard InChI is InChI=1S/C12H12F2N2OS/c1-12(2,3)18(17)16-7-8-4-10(13)9(6-15)11(14)5-8/h4-5,7H,1-3H3. The Hall–Kier alpha value is -1.45. The van der Waals surface area contributed by atoms with Gasteiger partial charge in [-0.05, 0) is 32.9 Å². The van der Waals surface area contributed by atoms with Crippen LogP contribution in [0, 0.1) is 23.0 Å². The molecule has 1 aromatic carbocycles. The van der Waals surface area contributed by atoms with Gasteiger partial charge in [0.2, 0.25) is 0 Å². The summed E-state index contributed by atoms with van der Waals surface area (Å²) in [6.07, 6.45) is 1.13. The molecule has 0 saturated heterocycles. The van der Waals surface area contributed by atoms with Crippen molar-refractivity contribution < 1.29 is 13.3 Å². The van der Waals surface area contributed by atoms with Crippen molar-refractivity contribution in [2.45, 2.75) is 25.5 Å². The van der Waals surface area contributed by atoms with E-state index < -0.39 is 33.3 Å². The zero-order valence-corrected chi connectivity index (χ0v) is 11.0. The van der Waals surface area contributed by atoms with Gasteiger partial charge in [-0.15, -0.1) is 0 Å². The quantitative estimate of drug-likeness (QED) is 0.612. The van der Waals surface area contributed by atoms with Crippen molar-refractivity contribution in [3.05, 3.63) is 34.9 Å². The van der Waals surface area contributed by atoms with Crippen LogP contribution in [-0.4, -0.2) is 15.5 Å². The second-order valence-electron chi connectivity index (χ2n) is 4.57. The fourth-order valence-electron chi connectivity index (χ4n) is 1.04. The van der Waals surface area contributed by atoms with Gasteiger partial charge in [-0.1, -0.05) is 4.40 Å². The van der Waals surface area contributed by atoms with E-state index in [2.05, 4.69) is 4.40 Å². The Kier molecular flexibility index (Phi) is 4.43. The zero-order valence-electron chi connectivity index (χ0n) is 10.2. The highest BCUT2D eigenvalue weighted by Gasteiger charge is 2.25. The molecule has 0 amide bonds. The van der Waals surface area contributed by atoms with Gasteiger partial charge >= 0.3 is 0 Å². The van der Waals surface area contributed by atoms with Crippen molar-refractivity contribution in [2.24, 2.45) is 4.40 Å². The number of hydrogen-bond donors (Lipinski definition) is 0. The molecule has 0 aliphatic rings. The van der Waals surface area contributed by atoms with E-state index in [0.717, 1.165) is 18.3 Å². The lowest BCUT2D eigenvalue weighted by atomic mass is 10.1. The number of nitriles is 1. The maximum absolute atomic E-state index is 13.3. The molecule has 0 bridgehead atoms. The van der Waals surface area contributed by atoms with Gasteiger partial charge < -0.3 is 4.55 Å². The van der Waals surface area contributed by atoms with Gasteiger partial charge in [0.05, 0.1) is 6.21 Å². The molecule has 0 aliphatic heterocycles. The first kappa shape index (κ1) is 14.6. The molecule has 18 heavy (non-hydrogen) atoms. The van der Waals surface area contributed by atoms with Crippen LogP contribution in [0.4, 0.5) is 8.78 Å². The van der Waals surface area contributed by atoms with Crippen LogP contribution in [0.2, 0.25) is 0 Å². The molecule has 0 aromatic heterocycles. The second-order valence-corrected chi connectivity index (χ2v) is 6.50. The molecule has 3 nitrogen and oxygen atoms in total. The summed E-state index contributed by atoms with van der Waals surface area (Å²) < 4.78 is 41.3. The highest BCUT2D eigenvalue weighted by atomic mass is 32.2. The molecule has 0 fully saturated rings. The fourth-order valence-corrected chi connectivity index (χ4v) is 1.57. The molecular weight excluding hydrogens is 258 g/mol. The average Bonchev–Trinajstić information content (AvgIpc) is 2.24. The Morgan fingerprint density at radius 1 is 1.33 bits per heavy atom. The number of halogens is 2. The molecule has 0 heterocycles. The Bertz CT molecular complexity index is 495. The largest absolute Gasteiger partial charge is 0.591 e. The first-order valence-corrected chi connectivity index (χ1v) is 6.21. The van der Waals surface area contributed by atoms with E-state index in [9.17, 15) is 13.3 Å². The molecular formula is C12H12F2N2OS.